The van der Waals surface area contributed by atoms with Gasteiger partial charge in [-0.15, -0.1) is 0 Å². The maximum absolute atomic E-state index is 13.8. The number of aryl methyl sites for hydroxylation is 1. The lowest BCUT2D eigenvalue weighted by Crippen LogP contribution is -2.49. The number of benzene rings is 1. The number of carbonyl (C=O) groups excluding carboxylic acids is 1. The van der Waals surface area contributed by atoms with Gasteiger partial charge < -0.3 is 4.74 Å². The fraction of sp³-hybridized carbons (Fsp3) is 0.562. The van der Waals surface area contributed by atoms with E-state index in [2.05, 4.69) is 5.32 Å². The van der Waals surface area contributed by atoms with Crippen molar-refractivity contribution < 1.29 is 13.9 Å². The van der Waals surface area contributed by atoms with Crippen molar-refractivity contribution >= 4 is 5.97 Å². The topological polar surface area (TPSA) is 38.3 Å². The highest BCUT2D eigenvalue weighted by Gasteiger charge is 2.36. The van der Waals surface area contributed by atoms with Crippen LogP contribution in [0.3, 0.4) is 0 Å². The second-order valence-electron chi connectivity index (χ2n) is 5.58. The van der Waals surface area contributed by atoms with Crippen molar-refractivity contribution in [3.8, 4) is 0 Å². The van der Waals surface area contributed by atoms with Crippen LogP contribution in [0.4, 0.5) is 4.39 Å². The van der Waals surface area contributed by atoms with Crippen LogP contribution in [-0.2, 0) is 15.1 Å². The molecule has 0 radical (unpaired) electrons. The molecule has 1 rings (SSSR count). The summed E-state index contributed by atoms with van der Waals surface area (Å²) >= 11 is 0. The Hall–Kier alpha value is -1.42. The van der Waals surface area contributed by atoms with Gasteiger partial charge in [0.05, 0.1) is 6.61 Å². The highest BCUT2D eigenvalue weighted by molar-refractivity contribution is 5.82. The second kappa shape index (κ2) is 6.84. The highest BCUT2D eigenvalue weighted by Crippen LogP contribution is 2.25. The Morgan fingerprint density at radius 3 is 2.60 bits per heavy atom. The molecule has 0 heterocycles. The lowest BCUT2D eigenvalue weighted by atomic mass is 9.90. The first-order valence-electron chi connectivity index (χ1n) is 7.00. The average Bonchev–Trinajstić information content (AvgIpc) is 2.39. The van der Waals surface area contributed by atoms with E-state index < -0.39 is 5.54 Å². The molecule has 0 aliphatic rings. The zero-order valence-corrected chi connectivity index (χ0v) is 12.9. The minimum absolute atomic E-state index is 0.298. The van der Waals surface area contributed by atoms with Gasteiger partial charge >= 0.3 is 5.97 Å². The number of esters is 1. The van der Waals surface area contributed by atoms with Crippen LogP contribution in [0.15, 0.2) is 18.2 Å². The van der Waals surface area contributed by atoms with E-state index in [0.29, 0.717) is 30.2 Å². The van der Waals surface area contributed by atoms with Crippen molar-refractivity contribution in [1.29, 1.82) is 0 Å². The molecule has 0 aliphatic carbocycles. The smallest absolute Gasteiger partial charge is 0.330 e. The monoisotopic (exact) mass is 281 g/mol. The third-order valence-corrected chi connectivity index (χ3v) is 3.30. The molecule has 0 bridgehead atoms. The molecule has 20 heavy (non-hydrogen) atoms. The van der Waals surface area contributed by atoms with Gasteiger partial charge in [-0.25, -0.2) is 9.18 Å². The molecule has 1 aromatic rings. The third-order valence-electron chi connectivity index (χ3n) is 3.30. The van der Waals surface area contributed by atoms with Gasteiger partial charge in [0.15, 0.2) is 0 Å². The quantitative estimate of drug-likeness (QED) is 0.814. The van der Waals surface area contributed by atoms with Crippen LogP contribution in [0, 0.1) is 18.7 Å². The summed E-state index contributed by atoms with van der Waals surface area (Å²) in [5, 5.41) is 3.20. The maximum Gasteiger partial charge on any atom is 0.330 e. The van der Waals surface area contributed by atoms with Crippen LogP contribution in [0.25, 0.3) is 0 Å². The number of hydrogen-bond acceptors (Lipinski definition) is 3. The van der Waals surface area contributed by atoms with E-state index in [4.69, 9.17) is 4.74 Å². The summed E-state index contributed by atoms with van der Waals surface area (Å²) in [6.45, 7) is 10.2. The Bertz CT molecular complexity index is 474. The van der Waals surface area contributed by atoms with Crippen molar-refractivity contribution in [3.63, 3.8) is 0 Å². The molecule has 4 heteroatoms. The fourth-order valence-corrected chi connectivity index (χ4v) is 1.88. The molecule has 0 spiro atoms. The zero-order chi connectivity index (χ0) is 15.3. The minimum Gasteiger partial charge on any atom is -0.464 e. The van der Waals surface area contributed by atoms with Gasteiger partial charge in [-0.1, -0.05) is 26.0 Å². The van der Waals surface area contributed by atoms with Gasteiger partial charge in [-0.3, -0.25) is 5.32 Å². The summed E-state index contributed by atoms with van der Waals surface area (Å²) in [7, 11) is 0. The SMILES string of the molecule is CCOC(=O)C(C)(NCC(C)C)c1ccc(C)c(F)c1. The maximum atomic E-state index is 13.8. The largest absolute Gasteiger partial charge is 0.464 e. The predicted octanol–water partition coefficient (Wildman–Crippen LogP) is 3.16. The zero-order valence-electron chi connectivity index (χ0n) is 12.9. The molecule has 0 saturated carbocycles. The molecular weight excluding hydrogens is 257 g/mol. The van der Waals surface area contributed by atoms with Crippen LogP contribution >= 0.6 is 0 Å². The van der Waals surface area contributed by atoms with E-state index in [9.17, 15) is 9.18 Å². The number of carbonyl (C=O) groups is 1. The Labute approximate surface area is 120 Å². The van der Waals surface area contributed by atoms with Crippen molar-refractivity contribution in [2.75, 3.05) is 13.2 Å². The van der Waals surface area contributed by atoms with Crippen LogP contribution in [0.1, 0.15) is 38.8 Å². The summed E-state index contributed by atoms with van der Waals surface area (Å²) in [6.07, 6.45) is 0. The van der Waals surface area contributed by atoms with E-state index in [0.717, 1.165) is 0 Å². The Morgan fingerprint density at radius 2 is 2.10 bits per heavy atom. The van der Waals surface area contributed by atoms with Gasteiger partial charge in [0.1, 0.15) is 11.4 Å². The first-order valence-corrected chi connectivity index (χ1v) is 7.00. The van der Waals surface area contributed by atoms with E-state index in [-0.39, 0.29) is 11.8 Å². The molecule has 1 atom stereocenters. The number of ether oxygens (including phenoxy) is 1. The molecule has 1 N–H and O–H groups in total. The standard InChI is InChI=1S/C16H24FNO2/c1-6-20-15(19)16(5,18-10-11(2)3)13-8-7-12(4)14(17)9-13/h7-9,11,18H,6,10H2,1-5H3. The molecule has 0 fully saturated rings. The van der Waals surface area contributed by atoms with Gasteiger partial charge in [-0.2, -0.15) is 0 Å². The highest BCUT2D eigenvalue weighted by atomic mass is 19.1. The first kappa shape index (κ1) is 16.6. The summed E-state index contributed by atoms with van der Waals surface area (Å²) in [5.41, 5.74) is 0.109. The number of hydrogen-bond donors (Lipinski definition) is 1. The molecule has 0 saturated heterocycles. The summed E-state index contributed by atoms with van der Waals surface area (Å²) in [6, 6.07) is 4.85. The van der Waals surface area contributed by atoms with Crippen LogP contribution in [0.2, 0.25) is 0 Å². The average molecular weight is 281 g/mol. The van der Waals surface area contributed by atoms with E-state index >= 15 is 0 Å². The number of rotatable bonds is 6. The minimum atomic E-state index is -1.03. The lowest BCUT2D eigenvalue weighted by Gasteiger charge is -2.30. The first-order chi connectivity index (χ1) is 9.31. The molecule has 112 valence electrons. The molecular formula is C16H24FNO2. The van der Waals surface area contributed by atoms with Gasteiger partial charge in [0.25, 0.3) is 0 Å². The van der Waals surface area contributed by atoms with Crippen molar-refractivity contribution in [3.05, 3.63) is 35.1 Å². The molecule has 0 aromatic heterocycles. The normalized spacial score (nSPS) is 14.2. The van der Waals surface area contributed by atoms with Crippen molar-refractivity contribution in [2.45, 2.75) is 40.2 Å². The van der Waals surface area contributed by atoms with Gasteiger partial charge in [0.2, 0.25) is 0 Å². The number of halogens is 1. The fourth-order valence-electron chi connectivity index (χ4n) is 1.88. The van der Waals surface area contributed by atoms with Crippen LogP contribution in [-0.4, -0.2) is 19.1 Å². The molecule has 1 unspecified atom stereocenters. The summed E-state index contributed by atoms with van der Waals surface area (Å²) in [4.78, 5) is 12.3. The van der Waals surface area contributed by atoms with Crippen molar-refractivity contribution in [1.82, 2.24) is 5.32 Å². The third kappa shape index (κ3) is 3.79. The number of nitrogens with one attached hydrogen (secondary N) is 1. The molecule has 0 aliphatic heterocycles. The van der Waals surface area contributed by atoms with E-state index in [1.54, 1.807) is 32.9 Å². The Morgan fingerprint density at radius 1 is 1.45 bits per heavy atom. The Balaban J connectivity index is 3.14. The van der Waals surface area contributed by atoms with Crippen LogP contribution < -0.4 is 5.32 Å². The second-order valence-corrected chi connectivity index (χ2v) is 5.58. The van der Waals surface area contributed by atoms with E-state index in [1.807, 2.05) is 13.8 Å². The molecule has 1 aromatic carbocycles. The van der Waals surface area contributed by atoms with E-state index in [1.165, 1.54) is 6.07 Å². The lowest BCUT2D eigenvalue weighted by molar-refractivity contribution is -0.151. The van der Waals surface area contributed by atoms with Gasteiger partial charge in [-0.05, 0) is 50.4 Å². The van der Waals surface area contributed by atoms with Crippen LogP contribution in [0.5, 0.6) is 0 Å². The Kier molecular flexibility index (Phi) is 5.69. The predicted molar refractivity (Wildman–Crippen MR) is 78.0 cm³/mol. The molecule has 0 amide bonds. The van der Waals surface area contributed by atoms with Crippen molar-refractivity contribution in [2.24, 2.45) is 5.92 Å². The molecule has 3 nitrogen and oxygen atoms in total. The van der Waals surface area contributed by atoms with Gasteiger partial charge in [0, 0.05) is 0 Å². The summed E-state index contributed by atoms with van der Waals surface area (Å²) < 4.78 is 18.9. The summed E-state index contributed by atoms with van der Waals surface area (Å²) in [5.74, 6) is -0.327.